The first-order valence-corrected chi connectivity index (χ1v) is 8.59. The summed E-state index contributed by atoms with van der Waals surface area (Å²) in [6.45, 7) is 0.620. The minimum Gasteiger partial charge on any atom is -0.493 e. The van der Waals surface area contributed by atoms with Gasteiger partial charge in [-0.2, -0.15) is 11.8 Å². The van der Waals surface area contributed by atoms with Crippen molar-refractivity contribution >= 4 is 17.7 Å². The highest BCUT2D eigenvalue weighted by molar-refractivity contribution is 7.98. The first-order chi connectivity index (χ1) is 11.3. The van der Waals surface area contributed by atoms with Gasteiger partial charge in [0.1, 0.15) is 0 Å². The summed E-state index contributed by atoms with van der Waals surface area (Å²) in [4.78, 5) is 11.8. The molecule has 0 aliphatic rings. The second-order valence-electron chi connectivity index (χ2n) is 4.83. The summed E-state index contributed by atoms with van der Waals surface area (Å²) in [6.07, 6.45) is 0. The topological polar surface area (TPSA) is 47.6 Å². The largest absolute Gasteiger partial charge is 0.493 e. The van der Waals surface area contributed by atoms with Crippen LogP contribution in [0.4, 0.5) is 0 Å². The van der Waals surface area contributed by atoms with E-state index >= 15 is 0 Å². The fraction of sp³-hybridized carbons (Fsp3) is 0.278. The molecule has 0 heterocycles. The van der Waals surface area contributed by atoms with Crippen molar-refractivity contribution in [3.63, 3.8) is 0 Å². The van der Waals surface area contributed by atoms with Crippen LogP contribution < -0.4 is 14.8 Å². The third-order valence-electron chi connectivity index (χ3n) is 3.11. The van der Waals surface area contributed by atoms with E-state index in [2.05, 4.69) is 17.4 Å². The second kappa shape index (κ2) is 9.79. The van der Waals surface area contributed by atoms with E-state index in [-0.39, 0.29) is 12.5 Å². The number of rotatable bonds is 9. The molecule has 0 aliphatic heterocycles. The lowest BCUT2D eigenvalue weighted by atomic mass is 10.2. The zero-order chi connectivity index (χ0) is 16.3. The number of carbonyl (C=O) groups excluding carboxylic acids is 1. The van der Waals surface area contributed by atoms with Crippen molar-refractivity contribution in [3.8, 4) is 11.5 Å². The molecule has 0 aliphatic carbocycles. The summed E-state index contributed by atoms with van der Waals surface area (Å²) in [7, 11) is 1.58. The number of amides is 1. The van der Waals surface area contributed by atoms with E-state index in [1.165, 1.54) is 5.56 Å². The van der Waals surface area contributed by atoms with E-state index in [4.69, 9.17) is 9.47 Å². The molecule has 2 aromatic carbocycles. The minimum atomic E-state index is -0.129. The third-order valence-corrected chi connectivity index (χ3v) is 4.14. The van der Waals surface area contributed by atoms with Gasteiger partial charge >= 0.3 is 0 Å². The van der Waals surface area contributed by atoms with E-state index in [1.54, 1.807) is 31.0 Å². The van der Waals surface area contributed by atoms with E-state index in [1.807, 2.05) is 30.3 Å². The van der Waals surface area contributed by atoms with Gasteiger partial charge in [-0.3, -0.25) is 4.79 Å². The number of hydrogen-bond acceptors (Lipinski definition) is 4. The molecule has 0 atom stereocenters. The minimum absolute atomic E-state index is 0.0102. The molecule has 1 amide bonds. The summed E-state index contributed by atoms with van der Waals surface area (Å²) in [5, 5.41) is 2.85. The summed E-state index contributed by atoms with van der Waals surface area (Å²) >= 11 is 1.79. The number of methoxy groups -OCH3 is 1. The van der Waals surface area contributed by atoms with Crippen LogP contribution in [-0.4, -0.2) is 31.9 Å². The van der Waals surface area contributed by atoms with Crippen molar-refractivity contribution in [2.75, 3.05) is 26.0 Å². The maximum absolute atomic E-state index is 11.8. The van der Waals surface area contributed by atoms with Crippen molar-refractivity contribution in [3.05, 3.63) is 60.2 Å². The zero-order valence-electron chi connectivity index (χ0n) is 13.2. The molecule has 0 saturated heterocycles. The molecule has 0 unspecified atom stereocenters. The molecule has 1 N–H and O–H groups in total. The van der Waals surface area contributed by atoms with E-state index in [0.717, 1.165) is 11.5 Å². The highest BCUT2D eigenvalue weighted by Gasteiger charge is 2.06. The Kier molecular flexibility index (Phi) is 7.33. The van der Waals surface area contributed by atoms with E-state index in [9.17, 15) is 4.79 Å². The van der Waals surface area contributed by atoms with Crippen LogP contribution in [0.3, 0.4) is 0 Å². The van der Waals surface area contributed by atoms with Crippen molar-refractivity contribution in [1.29, 1.82) is 0 Å². The summed E-state index contributed by atoms with van der Waals surface area (Å²) in [5.41, 5.74) is 1.29. The van der Waals surface area contributed by atoms with Crippen molar-refractivity contribution in [2.45, 2.75) is 5.75 Å². The predicted molar refractivity (Wildman–Crippen MR) is 94.1 cm³/mol. The monoisotopic (exact) mass is 331 g/mol. The summed E-state index contributed by atoms with van der Waals surface area (Å²) < 4.78 is 10.6. The quantitative estimate of drug-likeness (QED) is 0.717. The maximum Gasteiger partial charge on any atom is 0.257 e. The van der Waals surface area contributed by atoms with Gasteiger partial charge < -0.3 is 14.8 Å². The average molecular weight is 331 g/mol. The summed E-state index contributed by atoms with van der Waals surface area (Å²) in [5.74, 6) is 2.89. The van der Waals surface area contributed by atoms with Crippen LogP contribution in [0.5, 0.6) is 11.5 Å². The van der Waals surface area contributed by atoms with Crippen LogP contribution in [0.2, 0.25) is 0 Å². The fourth-order valence-corrected chi connectivity index (χ4v) is 2.78. The number of thioether (sulfide) groups is 1. The van der Waals surface area contributed by atoms with Gasteiger partial charge in [-0.05, 0) is 17.7 Å². The smallest absolute Gasteiger partial charge is 0.257 e. The van der Waals surface area contributed by atoms with Crippen molar-refractivity contribution < 1.29 is 14.3 Å². The van der Waals surface area contributed by atoms with Crippen LogP contribution in [0, 0.1) is 0 Å². The number of nitrogens with one attached hydrogen (secondary N) is 1. The highest BCUT2D eigenvalue weighted by Crippen LogP contribution is 2.25. The SMILES string of the molecule is COc1ccccc1OCC(=O)NCCSCc1ccccc1. The van der Waals surface area contributed by atoms with Crippen LogP contribution in [0.25, 0.3) is 0 Å². The molecule has 2 rings (SSSR count). The Labute approximate surface area is 141 Å². The molecular weight excluding hydrogens is 310 g/mol. The average Bonchev–Trinajstić information content (AvgIpc) is 2.60. The Morgan fingerprint density at radius 1 is 1.04 bits per heavy atom. The molecule has 2 aromatic rings. The molecule has 0 saturated carbocycles. The van der Waals surface area contributed by atoms with Gasteiger partial charge in [-0.15, -0.1) is 0 Å². The van der Waals surface area contributed by atoms with E-state index < -0.39 is 0 Å². The third kappa shape index (κ3) is 6.24. The molecule has 0 radical (unpaired) electrons. The normalized spacial score (nSPS) is 10.1. The molecule has 23 heavy (non-hydrogen) atoms. The molecule has 5 heteroatoms. The lowest BCUT2D eigenvalue weighted by Crippen LogP contribution is -2.30. The number of para-hydroxylation sites is 2. The Balaban J connectivity index is 1.60. The maximum atomic E-state index is 11.8. The van der Waals surface area contributed by atoms with Gasteiger partial charge in [0.05, 0.1) is 7.11 Å². The summed E-state index contributed by atoms with van der Waals surface area (Å²) in [6, 6.07) is 17.6. The molecule has 0 aromatic heterocycles. The first-order valence-electron chi connectivity index (χ1n) is 7.44. The fourth-order valence-electron chi connectivity index (χ4n) is 1.96. The number of ether oxygens (including phenoxy) is 2. The Morgan fingerprint density at radius 2 is 1.74 bits per heavy atom. The van der Waals surface area contributed by atoms with E-state index in [0.29, 0.717) is 18.0 Å². The molecule has 0 spiro atoms. The van der Waals surface area contributed by atoms with Crippen molar-refractivity contribution in [1.82, 2.24) is 5.32 Å². The van der Waals surface area contributed by atoms with Crippen LogP contribution in [-0.2, 0) is 10.5 Å². The van der Waals surface area contributed by atoms with Gasteiger partial charge in [0, 0.05) is 18.1 Å². The number of benzene rings is 2. The molecular formula is C18H21NO3S. The van der Waals surface area contributed by atoms with Gasteiger partial charge in [0.15, 0.2) is 18.1 Å². The lowest BCUT2D eigenvalue weighted by Gasteiger charge is -2.10. The molecule has 4 nitrogen and oxygen atoms in total. The Hall–Kier alpha value is -2.14. The molecule has 0 fully saturated rings. The zero-order valence-corrected chi connectivity index (χ0v) is 14.0. The lowest BCUT2D eigenvalue weighted by molar-refractivity contribution is -0.122. The van der Waals surface area contributed by atoms with Crippen molar-refractivity contribution in [2.24, 2.45) is 0 Å². The van der Waals surface area contributed by atoms with Crippen LogP contribution in [0.15, 0.2) is 54.6 Å². The highest BCUT2D eigenvalue weighted by atomic mass is 32.2. The predicted octanol–water partition coefficient (Wildman–Crippen LogP) is 3.12. The van der Waals surface area contributed by atoms with Gasteiger partial charge in [-0.25, -0.2) is 0 Å². The van der Waals surface area contributed by atoms with Crippen LogP contribution >= 0.6 is 11.8 Å². The van der Waals surface area contributed by atoms with Gasteiger partial charge in [-0.1, -0.05) is 42.5 Å². The number of hydrogen-bond donors (Lipinski definition) is 1. The van der Waals surface area contributed by atoms with Crippen LogP contribution in [0.1, 0.15) is 5.56 Å². The number of carbonyl (C=O) groups is 1. The second-order valence-corrected chi connectivity index (χ2v) is 5.93. The van der Waals surface area contributed by atoms with Gasteiger partial charge in [0.25, 0.3) is 5.91 Å². The van der Waals surface area contributed by atoms with Gasteiger partial charge in [0.2, 0.25) is 0 Å². The molecule has 122 valence electrons. The Morgan fingerprint density at radius 3 is 2.48 bits per heavy atom. The molecule has 0 bridgehead atoms. The Bertz CT molecular complexity index is 604. The standard InChI is InChI=1S/C18H21NO3S/c1-21-16-9-5-6-10-17(16)22-13-18(20)19-11-12-23-14-15-7-3-2-4-8-15/h2-10H,11-14H2,1H3,(H,19,20). The first kappa shape index (κ1) is 17.2.